The molecule has 0 unspecified atom stereocenters. The zero-order chi connectivity index (χ0) is 13.7. The molecule has 19 heavy (non-hydrogen) atoms. The maximum atomic E-state index is 8.77. The van der Waals surface area contributed by atoms with Crippen molar-refractivity contribution < 1.29 is 0 Å². The minimum Gasteiger partial charge on any atom is -0.347 e. The lowest BCUT2D eigenvalue weighted by molar-refractivity contribution is 0.964. The molecule has 0 saturated carbocycles. The number of nitrogens with one attached hydrogen (secondary N) is 1. The summed E-state index contributed by atoms with van der Waals surface area (Å²) in [6, 6.07) is 9.43. The van der Waals surface area contributed by atoms with Crippen LogP contribution in [0.3, 0.4) is 0 Å². The van der Waals surface area contributed by atoms with Crippen molar-refractivity contribution >= 4 is 17.6 Å². The molecule has 1 N–H and O–H groups in total. The number of nitriles is 1. The van der Waals surface area contributed by atoms with Crippen molar-refractivity contribution in [3.8, 4) is 6.07 Å². The molecule has 0 spiro atoms. The largest absolute Gasteiger partial charge is 0.347 e. The normalized spacial score (nSPS) is 9.74. The second kappa shape index (κ2) is 5.78. The Bertz CT molecular complexity index is 588. The Morgan fingerprint density at radius 2 is 2.11 bits per heavy atom. The van der Waals surface area contributed by atoms with Gasteiger partial charge < -0.3 is 10.2 Å². The standard InChI is InChI=1S/C13H14N6/c1-19(2)13-16-10(6-7-14)9-12(18-13)17-11-5-3-4-8-15-11/h3-5,8-9H,6H2,1-2H3,(H,15,16,17,18). The molecule has 0 aromatic carbocycles. The maximum absolute atomic E-state index is 8.77. The van der Waals surface area contributed by atoms with Gasteiger partial charge in [-0.1, -0.05) is 6.07 Å². The average molecular weight is 254 g/mol. The van der Waals surface area contributed by atoms with Crippen LogP contribution in [0.5, 0.6) is 0 Å². The first-order valence-electron chi connectivity index (χ1n) is 5.79. The molecule has 2 aromatic heterocycles. The van der Waals surface area contributed by atoms with E-state index in [2.05, 4.69) is 26.3 Å². The first-order chi connectivity index (χ1) is 9.19. The monoisotopic (exact) mass is 254 g/mol. The summed E-state index contributed by atoms with van der Waals surface area (Å²) in [5.74, 6) is 1.89. The van der Waals surface area contributed by atoms with E-state index in [0.717, 1.165) is 0 Å². The van der Waals surface area contributed by atoms with Crippen molar-refractivity contribution in [1.29, 1.82) is 5.26 Å². The third kappa shape index (κ3) is 3.39. The highest BCUT2D eigenvalue weighted by molar-refractivity contribution is 5.54. The molecule has 0 aliphatic rings. The van der Waals surface area contributed by atoms with Gasteiger partial charge in [-0.05, 0) is 12.1 Å². The fraction of sp³-hybridized carbons (Fsp3) is 0.231. The molecule has 0 aliphatic heterocycles. The molecule has 2 aromatic rings. The quantitative estimate of drug-likeness (QED) is 0.895. The first kappa shape index (κ1) is 12.8. The fourth-order valence-electron chi connectivity index (χ4n) is 1.49. The van der Waals surface area contributed by atoms with Gasteiger partial charge in [0.05, 0.1) is 18.2 Å². The van der Waals surface area contributed by atoms with E-state index in [-0.39, 0.29) is 6.42 Å². The molecular formula is C13H14N6. The van der Waals surface area contributed by atoms with E-state index in [4.69, 9.17) is 5.26 Å². The fourth-order valence-corrected chi connectivity index (χ4v) is 1.49. The molecule has 2 rings (SSSR count). The van der Waals surface area contributed by atoms with Gasteiger partial charge in [0.2, 0.25) is 5.95 Å². The van der Waals surface area contributed by atoms with Crippen LogP contribution >= 0.6 is 0 Å². The molecule has 0 saturated heterocycles. The summed E-state index contributed by atoms with van der Waals surface area (Å²) >= 11 is 0. The molecule has 0 bridgehead atoms. The van der Waals surface area contributed by atoms with Crippen LogP contribution in [-0.4, -0.2) is 29.0 Å². The van der Waals surface area contributed by atoms with E-state index in [1.807, 2.05) is 32.3 Å². The van der Waals surface area contributed by atoms with Crippen LogP contribution in [0.15, 0.2) is 30.5 Å². The SMILES string of the molecule is CN(C)c1nc(CC#N)cc(Nc2ccccn2)n1. The Kier molecular flexibility index (Phi) is 3.88. The molecular weight excluding hydrogens is 240 g/mol. The van der Waals surface area contributed by atoms with Crippen molar-refractivity contribution in [3.63, 3.8) is 0 Å². The van der Waals surface area contributed by atoms with Gasteiger partial charge in [0.25, 0.3) is 0 Å². The van der Waals surface area contributed by atoms with Crippen molar-refractivity contribution in [2.24, 2.45) is 0 Å². The van der Waals surface area contributed by atoms with E-state index in [0.29, 0.717) is 23.3 Å². The van der Waals surface area contributed by atoms with Gasteiger partial charge in [0.15, 0.2) is 0 Å². The van der Waals surface area contributed by atoms with E-state index in [1.54, 1.807) is 17.2 Å². The Morgan fingerprint density at radius 3 is 2.74 bits per heavy atom. The number of anilines is 3. The highest BCUT2D eigenvalue weighted by atomic mass is 15.2. The van der Waals surface area contributed by atoms with Gasteiger partial charge in [-0.25, -0.2) is 9.97 Å². The van der Waals surface area contributed by atoms with Crippen LogP contribution in [0, 0.1) is 11.3 Å². The van der Waals surface area contributed by atoms with Crippen LogP contribution < -0.4 is 10.2 Å². The van der Waals surface area contributed by atoms with Crippen LogP contribution in [0.4, 0.5) is 17.6 Å². The van der Waals surface area contributed by atoms with Gasteiger partial charge >= 0.3 is 0 Å². The average Bonchev–Trinajstić information content (AvgIpc) is 2.40. The summed E-state index contributed by atoms with van der Waals surface area (Å²) in [6.07, 6.45) is 1.95. The Balaban J connectivity index is 2.31. The summed E-state index contributed by atoms with van der Waals surface area (Å²) in [7, 11) is 3.71. The molecule has 0 atom stereocenters. The molecule has 0 radical (unpaired) electrons. The third-order valence-electron chi connectivity index (χ3n) is 2.35. The summed E-state index contributed by atoms with van der Waals surface area (Å²) in [6.45, 7) is 0. The number of pyridine rings is 1. The Labute approximate surface area is 111 Å². The predicted octanol–water partition coefficient (Wildman–Crippen LogP) is 1.75. The number of aromatic nitrogens is 3. The maximum Gasteiger partial charge on any atom is 0.227 e. The minimum atomic E-state index is 0.250. The predicted molar refractivity (Wildman–Crippen MR) is 73.2 cm³/mol. The summed E-state index contributed by atoms with van der Waals surface area (Å²) in [4.78, 5) is 14.6. The van der Waals surface area contributed by atoms with Crippen molar-refractivity contribution in [2.75, 3.05) is 24.3 Å². The number of rotatable bonds is 4. The van der Waals surface area contributed by atoms with Gasteiger partial charge in [-0.15, -0.1) is 0 Å². The van der Waals surface area contributed by atoms with Crippen LogP contribution in [-0.2, 0) is 6.42 Å². The van der Waals surface area contributed by atoms with Crippen LogP contribution in [0.2, 0.25) is 0 Å². The number of hydrogen-bond donors (Lipinski definition) is 1. The molecule has 2 heterocycles. The Hall–Kier alpha value is -2.68. The van der Waals surface area contributed by atoms with Crippen LogP contribution in [0.1, 0.15) is 5.69 Å². The highest BCUT2D eigenvalue weighted by Gasteiger charge is 2.06. The van der Waals surface area contributed by atoms with Gasteiger partial charge in [-0.3, -0.25) is 0 Å². The zero-order valence-electron chi connectivity index (χ0n) is 10.8. The molecule has 6 nitrogen and oxygen atoms in total. The molecule has 0 fully saturated rings. The second-order valence-electron chi connectivity index (χ2n) is 4.11. The lowest BCUT2D eigenvalue weighted by Gasteiger charge is -2.13. The highest BCUT2D eigenvalue weighted by Crippen LogP contribution is 2.16. The summed E-state index contributed by atoms with van der Waals surface area (Å²) in [5.41, 5.74) is 0.680. The smallest absolute Gasteiger partial charge is 0.227 e. The number of hydrogen-bond acceptors (Lipinski definition) is 6. The lowest BCUT2D eigenvalue weighted by atomic mass is 10.3. The minimum absolute atomic E-state index is 0.250. The zero-order valence-corrected chi connectivity index (χ0v) is 10.8. The van der Waals surface area contributed by atoms with Crippen molar-refractivity contribution in [2.45, 2.75) is 6.42 Å². The first-order valence-corrected chi connectivity index (χ1v) is 5.79. The second-order valence-corrected chi connectivity index (χ2v) is 4.11. The van der Waals surface area contributed by atoms with E-state index in [1.165, 1.54) is 0 Å². The van der Waals surface area contributed by atoms with E-state index >= 15 is 0 Å². The van der Waals surface area contributed by atoms with Crippen LogP contribution in [0.25, 0.3) is 0 Å². The van der Waals surface area contributed by atoms with Crippen molar-refractivity contribution in [1.82, 2.24) is 15.0 Å². The molecule has 6 heteroatoms. The topological polar surface area (TPSA) is 77.7 Å². The van der Waals surface area contributed by atoms with Gasteiger partial charge in [0, 0.05) is 26.4 Å². The third-order valence-corrected chi connectivity index (χ3v) is 2.35. The van der Waals surface area contributed by atoms with Gasteiger partial charge in [0.1, 0.15) is 11.6 Å². The lowest BCUT2D eigenvalue weighted by Crippen LogP contribution is -2.14. The van der Waals surface area contributed by atoms with Crippen molar-refractivity contribution in [3.05, 3.63) is 36.2 Å². The summed E-state index contributed by atoms with van der Waals surface area (Å²) < 4.78 is 0. The van der Waals surface area contributed by atoms with E-state index in [9.17, 15) is 0 Å². The van der Waals surface area contributed by atoms with Gasteiger partial charge in [-0.2, -0.15) is 10.2 Å². The number of nitrogens with zero attached hydrogens (tertiary/aromatic N) is 5. The molecule has 0 aliphatic carbocycles. The molecule has 0 amide bonds. The Morgan fingerprint density at radius 1 is 1.26 bits per heavy atom. The molecule has 96 valence electrons. The summed E-state index contributed by atoms with van der Waals surface area (Å²) in [5, 5.41) is 11.9. The van der Waals surface area contributed by atoms with E-state index < -0.39 is 0 Å².